The van der Waals surface area contributed by atoms with Crippen LogP contribution in [0.3, 0.4) is 0 Å². The van der Waals surface area contributed by atoms with E-state index in [1.165, 1.54) is 21.5 Å². The van der Waals surface area contributed by atoms with Crippen LogP contribution < -0.4 is 0 Å². The van der Waals surface area contributed by atoms with Gasteiger partial charge in [0.15, 0.2) is 17.5 Å². The number of benzene rings is 7. The first kappa shape index (κ1) is 26.6. The Morgan fingerprint density at radius 3 is 1.71 bits per heavy atom. The average molecular weight is 615 g/mol. The van der Waals surface area contributed by atoms with Gasteiger partial charge < -0.3 is 8.98 Å². The molecule has 0 atom stereocenters. The van der Waals surface area contributed by atoms with E-state index in [1.54, 1.807) is 0 Å². The van der Waals surface area contributed by atoms with Gasteiger partial charge in [-0.2, -0.15) is 0 Å². The van der Waals surface area contributed by atoms with Crippen LogP contribution in [-0.2, 0) is 0 Å². The van der Waals surface area contributed by atoms with E-state index in [0.29, 0.717) is 17.5 Å². The summed E-state index contributed by atoms with van der Waals surface area (Å²) in [4.78, 5) is 15.3. The number of nitrogens with zero attached hydrogens (tertiary/aromatic N) is 4. The summed E-state index contributed by atoms with van der Waals surface area (Å²) in [5.41, 5.74) is 7.52. The van der Waals surface area contributed by atoms with Crippen molar-refractivity contribution in [2.75, 3.05) is 0 Å². The largest absolute Gasteiger partial charge is 0.456 e. The Bertz CT molecular complexity index is 2780. The predicted octanol–water partition coefficient (Wildman–Crippen LogP) is 11.0. The van der Waals surface area contributed by atoms with Gasteiger partial charge in [0.25, 0.3) is 0 Å². The maximum absolute atomic E-state index is 6.47. The first-order chi connectivity index (χ1) is 23.8. The van der Waals surface area contributed by atoms with E-state index in [1.807, 2.05) is 72.8 Å². The summed E-state index contributed by atoms with van der Waals surface area (Å²) < 4.78 is 8.83. The molecule has 3 heterocycles. The van der Waals surface area contributed by atoms with E-state index in [9.17, 15) is 0 Å². The first-order valence-electron chi connectivity index (χ1n) is 16.0. The lowest BCUT2D eigenvalue weighted by Gasteiger charge is -2.15. The highest BCUT2D eigenvalue weighted by Crippen LogP contribution is 2.41. The first-order valence-corrected chi connectivity index (χ1v) is 16.0. The normalized spacial score (nSPS) is 11.8. The van der Waals surface area contributed by atoms with Crippen LogP contribution in [0.5, 0.6) is 0 Å². The topological polar surface area (TPSA) is 56.7 Å². The van der Waals surface area contributed by atoms with Gasteiger partial charge in [-0.25, -0.2) is 15.0 Å². The van der Waals surface area contributed by atoms with Gasteiger partial charge in [0.1, 0.15) is 11.2 Å². The van der Waals surface area contributed by atoms with Crippen molar-refractivity contribution in [3.8, 4) is 39.9 Å². The second-order valence-electron chi connectivity index (χ2n) is 12.1. The summed E-state index contributed by atoms with van der Waals surface area (Å²) in [5.74, 6) is 1.80. The van der Waals surface area contributed by atoms with Crippen LogP contribution in [0.15, 0.2) is 162 Å². The van der Waals surface area contributed by atoms with Gasteiger partial charge >= 0.3 is 0 Å². The molecule has 5 nitrogen and oxygen atoms in total. The minimum absolute atomic E-state index is 0.576. The van der Waals surface area contributed by atoms with Gasteiger partial charge in [-0.3, -0.25) is 0 Å². The Morgan fingerprint density at radius 1 is 0.396 bits per heavy atom. The number of para-hydroxylation sites is 2. The Balaban J connectivity index is 1.35. The standard InChI is InChI=1S/C43H26N4O/c1-3-13-27(14-4-1)41-44-42(28-15-5-2-6-16-28)46-43(45-41)35-26-40-34(32-20-10-12-22-39(32)48-40)25-38(35)47-36-21-11-9-19-31(36)33-23-29-17-7-8-18-30(29)24-37(33)47/h1-26H. The predicted molar refractivity (Wildman–Crippen MR) is 195 cm³/mol. The van der Waals surface area contributed by atoms with Gasteiger partial charge in [-0.15, -0.1) is 0 Å². The van der Waals surface area contributed by atoms with Gasteiger partial charge in [0.2, 0.25) is 0 Å². The van der Waals surface area contributed by atoms with E-state index in [4.69, 9.17) is 19.4 Å². The molecule has 10 rings (SSSR count). The molecule has 0 saturated carbocycles. The fraction of sp³-hybridized carbons (Fsp3) is 0. The minimum Gasteiger partial charge on any atom is -0.456 e. The zero-order valence-electron chi connectivity index (χ0n) is 25.7. The van der Waals surface area contributed by atoms with E-state index in [2.05, 4.69) is 89.5 Å². The Labute approximate surface area is 275 Å². The summed E-state index contributed by atoms with van der Waals surface area (Å²) in [7, 11) is 0. The third-order valence-electron chi connectivity index (χ3n) is 9.22. The fourth-order valence-corrected chi connectivity index (χ4v) is 6.97. The number of rotatable bonds is 4. The molecule has 10 aromatic rings. The molecule has 3 aromatic heterocycles. The van der Waals surface area contributed by atoms with Crippen LogP contribution >= 0.6 is 0 Å². The van der Waals surface area contributed by atoms with Crippen molar-refractivity contribution >= 4 is 54.5 Å². The highest BCUT2D eigenvalue weighted by Gasteiger charge is 2.22. The van der Waals surface area contributed by atoms with E-state index >= 15 is 0 Å². The summed E-state index contributed by atoms with van der Waals surface area (Å²) >= 11 is 0. The summed E-state index contributed by atoms with van der Waals surface area (Å²) in [5, 5.41) is 6.88. The molecular weight excluding hydrogens is 589 g/mol. The highest BCUT2D eigenvalue weighted by molar-refractivity contribution is 6.15. The molecule has 224 valence electrons. The van der Waals surface area contributed by atoms with Crippen molar-refractivity contribution in [1.82, 2.24) is 19.5 Å². The molecule has 0 bridgehead atoms. The van der Waals surface area contributed by atoms with Crippen LogP contribution in [-0.4, -0.2) is 19.5 Å². The number of hydrogen-bond donors (Lipinski definition) is 0. The monoisotopic (exact) mass is 614 g/mol. The quantitative estimate of drug-likeness (QED) is 0.198. The van der Waals surface area contributed by atoms with Crippen LogP contribution in [0.4, 0.5) is 0 Å². The Morgan fingerprint density at radius 2 is 0.979 bits per heavy atom. The second-order valence-corrected chi connectivity index (χ2v) is 12.1. The summed E-state index contributed by atoms with van der Waals surface area (Å²) in [6.45, 7) is 0. The smallest absolute Gasteiger partial charge is 0.166 e. The third kappa shape index (κ3) is 4.15. The van der Waals surface area contributed by atoms with Crippen molar-refractivity contribution in [2.24, 2.45) is 0 Å². The molecule has 0 aliphatic carbocycles. The zero-order chi connectivity index (χ0) is 31.6. The average Bonchev–Trinajstić information content (AvgIpc) is 3.68. The number of aromatic nitrogens is 4. The molecule has 0 radical (unpaired) electrons. The van der Waals surface area contributed by atoms with Crippen molar-refractivity contribution in [3.63, 3.8) is 0 Å². The van der Waals surface area contributed by atoms with Crippen molar-refractivity contribution < 1.29 is 4.42 Å². The number of hydrogen-bond acceptors (Lipinski definition) is 4. The lowest BCUT2D eigenvalue weighted by Crippen LogP contribution is -2.03. The van der Waals surface area contributed by atoms with Crippen molar-refractivity contribution in [3.05, 3.63) is 158 Å². The lowest BCUT2D eigenvalue weighted by molar-refractivity contribution is 0.669. The molecule has 48 heavy (non-hydrogen) atoms. The van der Waals surface area contributed by atoms with Gasteiger partial charge in [-0.05, 0) is 47.2 Å². The second kappa shape index (κ2) is 10.5. The van der Waals surface area contributed by atoms with Crippen LogP contribution in [0.1, 0.15) is 0 Å². The Kier molecular flexibility index (Phi) is 5.81. The maximum atomic E-state index is 6.47. The third-order valence-corrected chi connectivity index (χ3v) is 9.22. The van der Waals surface area contributed by atoms with Crippen LogP contribution in [0.25, 0.3) is 94.4 Å². The molecular formula is C43H26N4O. The summed E-state index contributed by atoms with van der Waals surface area (Å²) in [6.07, 6.45) is 0. The minimum atomic E-state index is 0.576. The van der Waals surface area contributed by atoms with Gasteiger partial charge in [-0.1, -0.05) is 121 Å². The highest BCUT2D eigenvalue weighted by atomic mass is 16.3. The molecule has 0 aliphatic rings. The molecule has 0 fully saturated rings. The lowest BCUT2D eigenvalue weighted by atomic mass is 10.1. The number of fused-ring (bicyclic) bond motifs is 7. The maximum Gasteiger partial charge on any atom is 0.166 e. The van der Waals surface area contributed by atoms with E-state index in [0.717, 1.165) is 55.3 Å². The van der Waals surface area contributed by atoms with Crippen molar-refractivity contribution in [1.29, 1.82) is 0 Å². The molecule has 0 aliphatic heterocycles. The molecule has 5 heteroatoms. The number of furan rings is 1. The van der Waals surface area contributed by atoms with E-state index in [-0.39, 0.29) is 0 Å². The fourth-order valence-electron chi connectivity index (χ4n) is 6.97. The molecule has 0 saturated heterocycles. The molecule has 0 amide bonds. The van der Waals surface area contributed by atoms with E-state index < -0.39 is 0 Å². The van der Waals surface area contributed by atoms with Gasteiger partial charge in [0, 0.05) is 38.2 Å². The van der Waals surface area contributed by atoms with Crippen molar-refractivity contribution in [2.45, 2.75) is 0 Å². The van der Waals surface area contributed by atoms with Crippen LogP contribution in [0, 0.1) is 0 Å². The van der Waals surface area contributed by atoms with Gasteiger partial charge in [0.05, 0.1) is 16.7 Å². The molecule has 0 N–H and O–H groups in total. The zero-order valence-corrected chi connectivity index (χ0v) is 25.7. The van der Waals surface area contributed by atoms with Crippen LogP contribution in [0.2, 0.25) is 0 Å². The molecule has 7 aromatic carbocycles. The SMILES string of the molecule is c1ccc(-c2nc(-c3ccccc3)nc(-c3cc4oc5ccccc5c4cc3-n3c4ccccc4c4cc5ccccc5cc43)n2)cc1. The Hall–Kier alpha value is -6.59. The molecule has 0 spiro atoms. The summed E-state index contributed by atoms with van der Waals surface area (Å²) in [6, 6.07) is 54.5. The molecule has 0 unspecified atom stereocenters.